The van der Waals surface area contributed by atoms with E-state index in [1.807, 2.05) is 30.3 Å². The molecule has 1 aliphatic rings. The lowest BCUT2D eigenvalue weighted by molar-refractivity contribution is -0.116. The molecule has 1 heterocycles. The van der Waals surface area contributed by atoms with Gasteiger partial charge in [0.25, 0.3) is 0 Å². The molecule has 0 radical (unpaired) electrons. The van der Waals surface area contributed by atoms with E-state index in [4.69, 9.17) is 27.9 Å². The summed E-state index contributed by atoms with van der Waals surface area (Å²) in [6.07, 6.45) is 1.59. The molecule has 0 aromatic heterocycles. The number of amides is 1. The summed E-state index contributed by atoms with van der Waals surface area (Å²) in [6.45, 7) is 0.349. The van der Waals surface area contributed by atoms with Crippen molar-refractivity contribution in [2.75, 3.05) is 5.75 Å². The fourth-order valence-electron chi connectivity index (χ4n) is 2.03. The van der Waals surface area contributed by atoms with Crippen LogP contribution in [0.2, 0.25) is 10.0 Å². The molecule has 1 saturated heterocycles. The van der Waals surface area contributed by atoms with Crippen LogP contribution in [0.5, 0.6) is 5.75 Å². The highest BCUT2D eigenvalue weighted by Gasteiger charge is 2.15. The number of nitrogens with one attached hydrogen (secondary N) is 1. The zero-order valence-corrected chi connectivity index (χ0v) is 15.2. The number of para-hydroxylation sites is 1. The van der Waals surface area contributed by atoms with Crippen molar-refractivity contribution in [3.63, 3.8) is 0 Å². The first-order valence-electron chi connectivity index (χ1n) is 7.31. The molecule has 2 aromatic rings. The summed E-state index contributed by atoms with van der Waals surface area (Å²) >= 11 is 13.2. The van der Waals surface area contributed by atoms with Gasteiger partial charge in [0.05, 0.1) is 22.0 Å². The summed E-state index contributed by atoms with van der Waals surface area (Å²) in [5.74, 6) is 0.975. The van der Waals surface area contributed by atoms with Crippen LogP contribution in [0.3, 0.4) is 0 Å². The van der Waals surface area contributed by atoms with Gasteiger partial charge in [0.1, 0.15) is 12.4 Å². The van der Waals surface area contributed by atoms with Gasteiger partial charge in [0.2, 0.25) is 5.91 Å². The molecule has 0 unspecified atom stereocenters. The molecule has 0 atom stereocenters. The Balaban J connectivity index is 1.68. The molecular formula is C17H13Cl2N3O2S. The van der Waals surface area contributed by atoms with Gasteiger partial charge in [-0.15, -0.1) is 5.10 Å². The van der Waals surface area contributed by atoms with Crippen molar-refractivity contribution in [2.24, 2.45) is 10.2 Å². The number of hydrogen-bond donors (Lipinski definition) is 1. The Morgan fingerprint density at radius 3 is 2.80 bits per heavy atom. The largest absolute Gasteiger partial charge is 0.488 e. The van der Waals surface area contributed by atoms with Crippen molar-refractivity contribution in [1.82, 2.24) is 5.32 Å². The number of halogens is 2. The van der Waals surface area contributed by atoms with Crippen LogP contribution in [0.15, 0.2) is 52.7 Å². The van der Waals surface area contributed by atoms with Crippen LogP contribution < -0.4 is 10.1 Å². The van der Waals surface area contributed by atoms with Crippen LogP contribution >= 0.6 is 35.0 Å². The molecule has 0 spiro atoms. The topological polar surface area (TPSA) is 63.0 Å². The van der Waals surface area contributed by atoms with Gasteiger partial charge < -0.3 is 10.1 Å². The van der Waals surface area contributed by atoms with E-state index in [-0.39, 0.29) is 5.91 Å². The predicted octanol–water partition coefficient (Wildman–Crippen LogP) is 4.13. The van der Waals surface area contributed by atoms with Crippen LogP contribution in [0, 0.1) is 0 Å². The predicted molar refractivity (Wildman–Crippen MR) is 103 cm³/mol. The van der Waals surface area contributed by atoms with E-state index in [1.165, 1.54) is 11.8 Å². The van der Waals surface area contributed by atoms with Gasteiger partial charge in [0.15, 0.2) is 5.17 Å². The van der Waals surface area contributed by atoms with Gasteiger partial charge >= 0.3 is 0 Å². The van der Waals surface area contributed by atoms with Crippen LogP contribution in [0.4, 0.5) is 0 Å². The molecule has 8 heteroatoms. The average molecular weight is 394 g/mol. The van der Waals surface area contributed by atoms with Crippen molar-refractivity contribution in [2.45, 2.75) is 6.61 Å². The number of nitrogens with zero attached hydrogens (tertiary/aromatic N) is 2. The molecule has 2 aromatic carbocycles. The number of amidine groups is 1. The van der Waals surface area contributed by atoms with Crippen LogP contribution in [0.25, 0.3) is 0 Å². The Labute approximate surface area is 159 Å². The molecule has 1 amide bonds. The van der Waals surface area contributed by atoms with Crippen molar-refractivity contribution in [1.29, 1.82) is 0 Å². The minimum Gasteiger partial charge on any atom is -0.488 e. The maximum Gasteiger partial charge on any atom is 0.236 e. The molecule has 1 N–H and O–H groups in total. The van der Waals surface area contributed by atoms with Crippen LogP contribution in [0.1, 0.15) is 11.1 Å². The van der Waals surface area contributed by atoms with Crippen molar-refractivity contribution < 1.29 is 9.53 Å². The molecule has 0 saturated carbocycles. The second kappa shape index (κ2) is 8.38. The second-order valence-corrected chi connectivity index (χ2v) is 6.84. The Bertz CT molecular complexity index is 856. The zero-order valence-electron chi connectivity index (χ0n) is 12.9. The van der Waals surface area contributed by atoms with E-state index >= 15 is 0 Å². The van der Waals surface area contributed by atoms with E-state index < -0.39 is 0 Å². The van der Waals surface area contributed by atoms with Crippen molar-refractivity contribution in [3.05, 3.63) is 63.6 Å². The van der Waals surface area contributed by atoms with Gasteiger partial charge in [-0.25, -0.2) is 0 Å². The Kier molecular flexibility index (Phi) is 5.96. The number of carbonyl (C=O) groups is 1. The quantitative estimate of drug-likeness (QED) is 0.613. The minimum atomic E-state index is -0.0655. The lowest BCUT2D eigenvalue weighted by Crippen LogP contribution is -2.19. The monoisotopic (exact) mass is 393 g/mol. The first-order valence-corrected chi connectivity index (χ1v) is 9.05. The van der Waals surface area contributed by atoms with E-state index in [0.29, 0.717) is 33.3 Å². The summed E-state index contributed by atoms with van der Waals surface area (Å²) in [6, 6.07) is 12.8. The number of hydrogen-bond acceptors (Lipinski definition) is 5. The van der Waals surface area contributed by atoms with Gasteiger partial charge in [-0.3, -0.25) is 4.79 Å². The minimum absolute atomic E-state index is 0.0655. The van der Waals surface area contributed by atoms with Crippen molar-refractivity contribution in [3.8, 4) is 5.75 Å². The van der Waals surface area contributed by atoms with Gasteiger partial charge in [-0.2, -0.15) is 5.10 Å². The van der Waals surface area contributed by atoms with Crippen molar-refractivity contribution >= 4 is 52.3 Å². The lowest BCUT2D eigenvalue weighted by atomic mass is 10.2. The SMILES string of the molecule is O=C1CSC(=NN=Cc2ccccc2OCc2ccc(Cl)c(Cl)c2)N1. The van der Waals surface area contributed by atoms with Gasteiger partial charge in [0, 0.05) is 5.56 Å². The van der Waals surface area contributed by atoms with E-state index in [1.54, 1.807) is 18.3 Å². The molecule has 0 aliphatic carbocycles. The maximum absolute atomic E-state index is 11.1. The Morgan fingerprint density at radius 1 is 1.20 bits per heavy atom. The number of rotatable bonds is 5. The number of benzene rings is 2. The molecule has 1 aliphatic heterocycles. The molecule has 1 fully saturated rings. The molecular weight excluding hydrogens is 381 g/mol. The third kappa shape index (κ3) is 4.98. The van der Waals surface area contributed by atoms with E-state index in [2.05, 4.69) is 15.5 Å². The maximum atomic E-state index is 11.1. The molecule has 25 heavy (non-hydrogen) atoms. The summed E-state index contributed by atoms with van der Waals surface area (Å²) in [5.41, 5.74) is 1.69. The summed E-state index contributed by atoms with van der Waals surface area (Å²) in [4.78, 5) is 11.1. The highest BCUT2D eigenvalue weighted by Crippen LogP contribution is 2.24. The average Bonchev–Trinajstić information content (AvgIpc) is 3.02. The third-order valence-electron chi connectivity index (χ3n) is 3.23. The van der Waals surface area contributed by atoms with Gasteiger partial charge in [-0.1, -0.05) is 53.2 Å². The fourth-order valence-corrected chi connectivity index (χ4v) is 2.98. The smallest absolute Gasteiger partial charge is 0.236 e. The normalized spacial score (nSPS) is 15.8. The molecule has 3 rings (SSSR count). The Morgan fingerprint density at radius 2 is 2.04 bits per heavy atom. The zero-order chi connectivity index (χ0) is 17.6. The highest BCUT2D eigenvalue weighted by atomic mass is 35.5. The number of carbonyl (C=O) groups excluding carboxylic acids is 1. The first kappa shape index (κ1) is 17.8. The van der Waals surface area contributed by atoms with E-state index in [9.17, 15) is 4.79 Å². The second-order valence-electron chi connectivity index (χ2n) is 5.06. The molecule has 128 valence electrons. The molecule has 0 bridgehead atoms. The van der Waals surface area contributed by atoms with E-state index in [0.717, 1.165) is 11.1 Å². The molecule has 5 nitrogen and oxygen atoms in total. The summed E-state index contributed by atoms with van der Waals surface area (Å²) < 4.78 is 5.84. The Hall–Kier alpha value is -2.02. The van der Waals surface area contributed by atoms with Crippen LogP contribution in [-0.4, -0.2) is 23.0 Å². The standard InChI is InChI=1S/C17H13Cl2N3O2S/c18-13-6-5-11(7-14(13)19)9-24-15-4-2-1-3-12(15)8-20-22-17-21-16(23)10-25-17/h1-8H,9-10H2,(H,21,22,23). The number of thioether (sulfide) groups is 1. The summed E-state index contributed by atoms with van der Waals surface area (Å²) in [7, 11) is 0. The fraction of sp³-hybridized carbons (Fsp3) is 0.118. The van der Waals surface area contributed by atoms with Crippen LogP contribution in [-0.2, 0) is 11.4 Å². The summed E-state index contributed by atoms with van der Waals surface area (Å²) in [5, 5.41) is 12.1. The third-order valence-corrected chi connectivity index (χ3v) is 4.83. The highest BCUT2D eigenvalue weighted by molar-refractivity contribution is 8.15. The lowest BCUT2D eigenvalue weighted by Gasteiger charge is -2.09. The number of ether oxygens (including phenoxy) is 1. The van der Waals surface area contributed by atoms with Gasteiger partial charge in [-0.05, 0) is 29.8 Å². The first-order chi connectivity index (χ1) is 12.1.